The number of hydrogen-bond acceptors (Lipinski definition) is 4. The molecule has 0 aromatic carbocycles. The number of nitrogens with one attached hydrogen (secondary N) is 1. The molecule has 0 aliphatic heterocycles. The summed E-state index contributed by atoms with van der Waals surface area (Å²) in [4.78, 5) is 17.4. The van der Waals surface area contributed by atoms with E-state index >= 15 is 0 Å². The normalized spacial score (nSPS) is 12.4. The van der Waals surface area contributed by atoms with Crippen LogP contribution in [0.3, 0.4) is 0 Å². The topological polar surface area (TPSA) is 53.9 Å². The minimum Gasteiger partial charge on any atom is -0.443 e. The molecule has 1 N–H and O–H groups in total. The van der Waals surface area contributed by atoms with Crippen LogP contribution in [0.15, 0.2) is 29.5 Å². The molecule has 0 bridgehead atoms. The molecular weight excluding hydrogens is 230 g/mol. The maximum absolute atomic E-state index is 12.1. The number of aliphatic imine (C=N–C) groups is 1. The van der Waals surface area contributed by atoms with Gasteiger partial charge in [0.1, 0.15) is 11.4 Å². The van der Waals surface area contributed by atoms with Crippen molar-refractivity contribution in [1.29, 1.82) is 0 Å². The zero-order chi connectivity index (χ0) is 14.3. The van der Waals surface area contributed by atoms with Gasteiger partial charge in [-0.1, -0.05) is 6.58 Å². The van der Waals surface area contributed by atoms with Crippen molar-refractivity contribution in [3.05, 3.63) is 24.6 Å². The molecule has 1 amide bonds. The van der Waals surface area contributed by atoms with Crippen molar-refractivity contribution in [2.45, 2.75) is 33.3 Å². The molecular formula is C13H23N3O2. The Morgan fingerprint density at radius 2 is 2.00 bits per heavy atom. The number of carbonyl (C=O) groups is 1. The van der Waals surface area contributed by atoms with E-state index in [0.717, 1.165) is 0 Å². The first-order chi connectivity index (χ1) is 8.22. The first kappa shape index (κ1) is 16.2. The number of nitrogens with zero attached hydrogens (tertiary/aromatic N) is 2. The number of rotatable bonds is 3. The molecule has 0 aliphatic rings. The van der Waals surface area contributed by atoms with Gasteiger partial charge < -0.3 is 10.1 Å². The molecule has 5 heteroatoms. The molecule has 0 unspecified atom stereocenters. The van der Waals surface area contributed by atoms with E-state index in [-0.39, 0.29) is 0 Å². The van der Waals surface area contributed by atoms with Gasteiger partial charge in [-0.2, -0.15) is 0 Å². The minimum absolute atomic E-state index is 0.488. The summed E-state index contributed by atoms with van der Waals surface area (Å²) in [6.45, 7) is 11.0. The van der Waals surface area contributed by atoms with Crippen molar-refractivity contribution in [3.63, 3.8) is 0 Å². The van der Waals surface area contributed by atoms with Gasteiger partial charge in [0.2, 0.25) is 0 Å². The van der Waals surface area contributed by atoms with E-state index in [1.165, 1.54) is 4.90 Å². The fourth-order valence-electron chi connectivity index (χ4n) is 1.12. The second-order valence-corrected chi connectivity index (χ2v) is 4.70. The monoisotopic (exact) mass is 253 g/mol. The maximum Gasteiger partial charge on any atom is 0.420 e. The average molecular weight is 253 g/mol. The first-order valence-electron chi connectivity index (χ1n) is 5.72. The second-order valence-electron chi connectivity index (χ2n) is 4.70. The van der Waals surface area contributed by atoms with Crippen LogP contribution >= 0.6 is 0 Å². The molecule has 0 heterocycles. The van der Waals surface area contributed by atoms with Gasteiger partial charge in [0, 0.05) is 19.8 Å². The molecule has 102 valence electrons. The standard InChI is InChI=1S/C13H23N3O2/c1-10(8-9-14-6)16(11(2)15-7)12(17)18-13(3,4)5/h8-9,14H,1H2,2-7H3/b9-8-,15-11?. The number of carbonyl (C=O) groups excluding carboxylic acids is 1. The molecule has 0 radical (unpaired) electrons. The highest BCUT2D eigenvalue weighted by Crippen LogP contribution is 2.14. The zero-order valence-electron chi connectivity index (χ0n) is 12.1. The van der Waals surface area contributed by atoms with E-state index in [2.05, 4.69) is 16.9 Å². The van der Waals surface area contributed by atoms with Crippen LogP contribution in [0, 0.1) is 0 Å². The van der Waals surface area contributed by atoms with Crippen LogP contribution in [-0.4, -0.2) is 36.5 Å². The van der Waals surface area contributed by atoms with Crippen LogP contribution in [0.2, 0.25) is 0 Å². The second kappa shape index (κ2) is 6.83. The molecule has 0 rings (SSSR count). The molecule has 0 fully saturated rings. The summed E-state index contributed by atoms with van der Waals surface area (Å²) >= 11 is 0. The largest absolute Gasteiger partial charge is 0.443 e. The van der Waals surface area contributed by atoms with Gasteiger partial charge in [-0.15, -0.1) is 0 Å². The zero-order valence-corrected chi connectivity index (χ0v) is 12.1. The highest BCUT2D eigenvalue weighted by molar-refractivity contribution is 5.96. The van der Waals surface area contributed by atoms with Crippen molar-refractivity contribution < 1.29 is 9.53 Å². The summed E-state index contributed by atoms with van der Waals surface area (Å²) < 4.78 is 5.31. The highest BCUT2D eigenvalue weighted by atomic mass is 16.6. The van der Waals surface area contributed by atoms with Gasteiger partial charge in [-0.3, -0.25) is 4.99 Å². The van der Waals surface area contributed by atoms with Crippen LogP contribution in [-0.2, 0) is 4.74 Å². The molecule has 5 nitrogen and oxygen atoms in total. The lowest BCUT2D eigenvalue weighted by Crippen LogP contribution is -2.38. The lowest BCUT2D eigenvalue weighted by molar-refractivity contribution is 0.0416. The highest BCUT2D eigenvalue weighted by Gasteiger charge is 2.24. The molecule has 0 saturated heterocycles. The Hall–Kier alpha value is -1.78. The van der Waals surface area contributed by atoms with Crippen molar-refractivity contribution in [3.8, 4) is 0 Å². The molecule has 0 saturated carbocycles. The molecule has 18 heavy (non-hydrogen) atoms. The van der Waals surface area contributed by atoms with Crippen molar-refractivity contribution in [1.82, 2.24) is 10.2 Å². The van der Waals surface area contributed by atoms with E-state index in [9.17, 15) is 4.79 Å². The predicted molar refractivity (Wildman–Crippen MR) is 74.4 cm³/mol. The van der Waals surface area contributed by atoms with E-state index in [4.69, 9.17) is 4.74 Å². The van der Waals surface area contributed by atoms with Crippen LogP contribution in [0.5, 0.6) is 0 Å². The number of hydrogen-bond donors (Lipinski definition) is 1. The van der Waals surface area contributed by atoms with Crippen LogP contribution in [0.25, 0.3) is 0 Å². The SMILES string of the molecule is C=C(/C=C\NC)N(C(=O)OC(C)(C)C)C(C)=NC. The Morgan fingerprint density at radius 3 is 2.39 bits per heavy atom. The number of allylic oxidation sites excluding steroid dienone is 1. The fraction of sp³-hybridized carbons (Fsp3) is 0.538. The van der Waals surface area contributed by atoms with Gasteiger partial charge >= 0.3 is 6.09 Å². The third kappa shape index (κ3) is 5.52. The summed E-state index contributed by atoms with van der Waals surface area (Å²) in [7, 11) is 3.38. The summed E-state index contributed by atoms with van der Waals surface area (Å²) in [5.74, 6) is 0.523. The van der Waals surface area contributed by atoms with Crippen LogP contribution in [0.4, 0.5) is 4.79 Å². The van der Waals surface area contributed by atoms with E-state index < -0.39 is 11.7 Å². The Bertz CT molecular complexity index is 365. The Labute approximate surface area is 109 Å². The first-order valence-corrected chi connectivity index (χ1v) is 5.72. The Balaban J connectivity index is 5.08. The van der Waals surface area contributed by atoms with E-state index in [0.29, 0.717) is 11.5 Å². The van der Waals surface area contributed by atoms with Crippen LogP contribution in [0.1, 0.15) is 27.7 Å². The summed E-state index contributed by atoms with van der Waals surface area (Å²) in [5.41, 5.74) is -0.0715. The van der Waals surface area contributed by atoms with Crippen molar-refractivity contribution in [2.24, 2.45) is 4.99 Å². The Kier molecular flexibility index (Phi) is 6.16. The van der Waals surface area contributed by atoms with Crippen molar-refractivity contribution in [2.75, 3.05) is 14.1 Å². The lowest BCUT2D eigenvalue weighted by Gasteiger charge is -2.27. The average Bonchev–Trinajstić information content (AvgIpc) is 2.23. The van der Waals surface area contributed by atoms with Gasteiger partial charge in [-0.05, 0) is 40.0 Å². The minimum atomic E-state index is -0.559. The fourth-order valence-corrected chi connectivity index (χ4v) is 1.12. The molecule has 0 aromatic heterocycles. The number of amidine groups is 1. The molecule has 0 spiro atoms. The molecule has 0 atom stereocenters. The van der Waals surface area contributed by atoms with Gasteiger partial charge in [0.05, 0.1) is 0 Å². The van der Waals surface area contributed by atoms with Crippen LogP contribution < -0.4 is 5.32 Å². The van der Waals surface area contributed by atoms with Crippen molar-refractivity contribution >= 4 is 11.9 Å². The summed E-state index contributed by atoms with van der Waals surface area (Å²) in [5, 5.41) is 2.84. The van der Waals surface area contributed by atoms with Gasteiger partial charge in [0.15, 0.2) is 0 Å². The summed E-state index contributed by atoms with van der Waals surface area (Å²) in [6.07, 6.45) is 2.87. The Morgan fingerprint density at radius 1 is 1.44 bits per heavy atom. The lowest BCUT2D eigenvalue weighted by atomic mass is 10.2. The third-order valence-electron chi connectivity index (χ3n) is 1.95. The van der Waals surface area contributed by atoms with E-state index in [1.807, 2.05) is 20.8 Å². The smallest absolute Gasteiger partial charge is 0.420 e. The number of ether oxygens (including phenoxy) is 1. The maximum atomic E-state index is 12.1. The predicted octanol–water partition coefficient (Wildman–Crippen LogP) is 2.52. The summed E-state index contributed by atoms with van der Waals surface area (Å²) in [6, 6.07) is 0. The quantitative estimate of drug-likeness (QED) is 0.477. The number of amides is 1. The van der Waals surface area contributed by atoms with E-state index in [1.54, 1.807) is 33.3 Å². The van der Waals surface area contributed by atoms with Gasteiger partial charge in [0.25, 0.3) is 0 Å². The third-order valence-corrected chi connectivity index (χ3v) is 1.95. The van der Waals surface area contributed by atoms with Gasteiger partial charge in [-0.25, -0.2) is 9.69 Å². The molecule has 0 aromatic rings. The molecule has 0 aliphatic carbocycles.